The summed E-state index contributed by atoms with van der Waals surface area (Å²) in [5.41, 5.74) is 0. The van der Waals surface area contributed by atoms with E-state index in [1.165, 1.54) is 6.08 Å². The Balaban J connectivity index is 1.76. The topological polar surface area (TPSA) is 465 Å². The first-order valence-corrected chi connectivity index (χ1v) is 66.9. The molecule has 16 fully saturated rings. The molecule has 30 atom stereocenters. The summed E-state index contributed by atoms with van der Waals surface area (Å²) in [6.07, 6.45) is -55.9. The van der Waals surface area contributed by atoms with Crippen LogP contribution in [0.2, 0.25) is 109 Å². The highest BCUT2D eigenvalue weighted by Crippen LogP contribution is 2.50. The number of esters is 11. The molecule has 16 aliphatic rings. The molecule has 0 unspecified atom stereocenters. The van der Waals surface area contributed by atoms with Crippen LogP contribution in [0.4, 0.5) is 0 Å². The summed E-state index contributed by atoms with van der Waals surface area (Å²) < 4.78 is 208. The lowest BCUT2D eigenvalue weighted by molar-refractivity contribution is -0.404. The monoisotopic (exact) mass is 2160 g/mol. The summed E-state index contributed by atoms with van der Waals surface area (Å²) in [7, 11) is -18.4. The van der Waals surface area contributed by atoms with Crippen molar-refractivity contribution in [3.8, 4) is 0 Å². The van der Waals surface area contributed by atoms with Crippen molar-refractivity contribution in [2.24, 2.45) is 0 Å². The first kappa shape index (κ1) is 125. The molecule has 828 valence electrons. The molecule has 144 heavy (non-hydrogen) atoms. The Hall–Kier alpha value is -5.55. The van der Waals surface area contributed by atoms with Gasteiger partial charge in [0.1, 0.15) is 79.4 Å². The molecular formula is C97H170O41Si6. The normalized spacial score (nSPS) is 32.7. The maximum atomic E-state index is 14.6. The summed E-state index contributed by atoms with van der Waals surface area (Å²) in [5.74, 6) is -11.3. The third-order valence-corrected chi connectivity index (χ3v) is 56.5. The maximum Gasteiger partial charge on any atom is 0.303 e. The fourth-order valence-corrected chi connectivity index (χ4v) is 21.7. The van der Waals surface area contributed by atoms with E-state index in [9.17, 15) is 52.7 Å². The second-order valence-corrected chi connectivity index (χ2v) is 76.0. The summed E-state index contributed by atoms with van der Waals surface area (Å²) in [6.45, 7) is 70.9. The molecule has 16 rings (SSSR count). The van der Waals surface area contributed by atoms with Crippen molar-refractivity contribution in [3.05, 3.63) is 12.7 Å². The van der Waals surface area contributed by atoms with Gasteiger partial charge in [0.2, 0.25) is 0 Å². The molecule has 0 saturated carbocycles. The van der Waals surface area contributed by atoms with Crippen molar-refractivity contribution >= 4 is 116 Å². The highest BCUT2D eigenvalue weighted by atomic mass is 28.4. The molecule has 47 heteroatoms. The third-order valence-electron chi connectivity index (χ3n) is 29.5. The van der Waals surface area contributed by atoms with Crippen LogP contribution in [-0.4, -0.2) is 346 Å². The number of ether oxygens (including phenoxy) is 24. The van der Waals surface area contributed by atoms with Gasteiger partial charge in [-0.25, -0.2) is 0 Å². The maximum absolute atomic E-state index is 14.6. The van der Waals surface area contributed by atoms with Crippen LogP contribution in [0.25, 0.3) is 0 Å². The van der Waals surface area contributed by atoms with E-state index in [0.717, 1.165) is 76.2 Å². The summed E-state index contributed by atoms with van der Waals surface area (Å²) in [4.78, 5) is 159. The number of carbonyl (C=O) groups is 11. The fraction of sp³-hybridized carbons (Fsp3) is 0.866. The number of rotatable bonds is 32. The van der Waals surface area contributed by atoms with Gasteiger partial charge in [0.15, 0.2) is 155 Å². The van der Waals surface area contributed by atoms with Gasteiger partial charge in [-0.1, -0.05) is 131 Å². The molecular weight excluding hydrogens is 1990 g/mol. The minimum Gasteiger partial charge on any atom is -0.457 e. The number of hydrogen-bond acceptors (Lipinski definition) is 41. The van der Waals surface area contributed by atoms with Crippen molar-refractivity contribution in [1.29, 1.82) is 0 Å². The van der Waals surface area contributed by atoms with Gasteiger partial charge in [-0.2, -0.15) is 0 Å². The van der Waals surface area contributed by atoms with Gasteiger partial charge in [0.25, 0.3) is 0 Å². The van der Waals surface area contributed by atoms with Crippen LogP contribution in [0.3, 0.4) is 0 Å². The molecule has 0 N–H and O–H groups in total. The van der Waals surface area contributed by atoms with Gasteiger partial charge >= 0.3 is 65.7 Å². The van der Waals surface area contributed by atoms with Crippen molar-refractivity contribution in [2.75, 3.05) is 46.2 Å². The largest absolute Gasteiger partial charge is 0.457 e. The molecule has 0 radical (unpaired) electrons. The molecule has 0 aromatic carbocycles. The first-order chi connectivity index (χ1) is 65.7. The fourth-order valence-electron chi connectivity index (χ4n) is 15.6. The van der Waals surface area contributed by atoms with E-state index in [1.807, 2.05) is 203 Å². The van der Waals surface area contributed by atoms with Crippen LogP contribution >= 0.6 is 0 Å². The van der Waals surface area contributed by atoms with Crippen LogP contribution in [0.5, 0.6) is 0 Å². The molecule has 0 spiro atoms. The van der Waals surface area contributed by atoms with Gasteiger partial charge in [-0.3, -0.25) is 52.7 Å². The minimum absolute atomic E-state index is 0.388. The zero-order valence-electron chi connectivity index (χ0n) is 92.8. The lowest BCUT2D eigenvalue weighted by atomic mass is 9.94. The predicted molar refractivity (Wildman–Crippen MR) is 531 cm³/mol. The van der Waals surface area contributed by atoms with Crippen molar-refractivity contribution < 1.29 is 193 Å². The molecule has 12 bridgehead atoms. The predicted octanol–water partition coefficient (Wildman–Crippen LogP) is 12.6. The summed E-state index contributed by atoms with van der Waals surface area (Å²) in [6, 6.07) is 0. The molecule has 41 nitrogen and oxygen atoms in total. The zero-order chi connectivity index (χ0) is 110. The van der Waals surface area contributed by atoms with Gasteiger partial charge in [0.05, 0.1) is 46.2 Å². The van der Waals surface area contributed by atoms with Crippen molar-refractivity contribution in [2.45, 2.75) is 494 Å². The average molecular weight is 2160 g/mol. The van der Waals surface area contributed by atoms with Crippen LogP contribution in [0.1, 0.15) is 201 Å². The van der Waals surface area contributed by atoms with Gasteiger partial charge in [-0.05, 0) is 109 Å². The molecule has 16 saturated heterocycles. The number of hydrogen-bond donors (Lipinski definition) is 0. The Morgan fingerprint density at radius 2 is 0.326 bits per heavy atom. The van der Waals surface area contributed by atoms with E-state index in [4.69, 9.17) is 140 Å². The van der Waals surface area contributed by atoms with Gasteiger partial charge < -0.3 is 140 Å². The van der Waals surface area contributed by atoms with E-state index in [2.05, 4.69) is 6.58 Å². The molecule has 16 heterocycles. The molecule has 16 aliphatic heterocycles. The summed E-state index contributed by atoms with van der Waals surface area (Å²) >= 11 is 0. The van der Waals surface area contributed by atoms with Crippen molar-refractivity contribution in [3.63, 3.8) is 0 Å². The Kier molecular flexibility index (Phi) is 43.1. The quantitative estimate of drug-likeness (QED) is 0.0261. The van der Waals surface area contributed by atoms with E-state index < -0.39 is 370 Å². The lowest BCUT2D eigenvalue weighted by Crippen LogP contribution is -2.71. The average Bonchev–Trinajstić information content (AvgIpc) is 0.747. The van der Waals surface area contributed by atoms with Crippen LogP contribution in [0, 0.1) is 0 Å². The highest BCUT2D eigenvalue weighted by Gasteiger charge is 2.67. The van der Waals surface area contributed by atoms with E-state index in [0.29, 0.717) is 0 Å². The van der Waals surface area contributed by atoms with Crippen LogP contribution in [-0.2, 0) is 193 Å². The standard InChI is InChI=1S/C97H170O41Si6/c1-43-44-109-80-74(116-51(2)98)68-62(45-110-139(31,32)92(13,14)15)127-86(80)133-69-63(46-111-140(33,34)93(16,17)18)128-88(81(122-57(8)104)75(69)117-52(3)99)135-71-65(48-113-142(37,38)95(22,23)24)130-90(83(124-59(10)106)77(71)119-54(5)101)137-73-67(50-115-144(41,42)97(28,29)30)132-91(85(126-61(12)108)79(73)121-56(7)103)138-72-66(49-114-143(39,40)96(25,26)27)131-89(84(125-60(11)107)78(72)120-55(6)102)136-70-64(47-112-141(35,36)94(19,20)21)129-87(134-68)82(123-58(9)105)76(70)118-53(4)100/h43,62-91H,1,44-50H2,2-42H3/t62-,63-,64-,65-,66-,67-,68-,69-,70-,71-,72-,73-,74+,75+,76+,77+,78+,79+,80-,81-,82-,83-,84-,85-,86-,87-,88-,89-,90-,91-/m1/s1. The Morgan fingerprint density at radius 3 is 0.444 bits per heavy atom. The van der Waals surface area contributed by atoms with Crippen LogP contribution < -0.4 is 0 Å². The molecule has 0 aromatic rings. The Labute approximate surface area is 856 Å². The van der Waals surface area contributed by atoms with E-state index in [-0.39, 0.29) is 6.61 Å². The first-order valence-electron chi connectivity index (χ1n) is 49.5. The molecule has 0 amide bonds. The van der Waals surface area contributed by atoms with Gasteiger partial charge in [-0.15, -0.1) is 6.58 Å². The summed E-state index contributed by atoms with van der Waals surface area (Å²) in [5, 5.41) is -3.42. The molecule has 0 aromatic heterocycles. The Morgan fingerprint density at radius 1 is 0.208 bits per heavy atom. The zero-order valence-corrected chi connectivity index (χ0v) is 98.8. The smallest absolute Gasteiger partial charge is 0.303 e. The molecule has 0 aliphatic carbocycles. The van der Waals surface area contributed by atoms with Gasteiger partial charge in [0, 0.05) is 76.2 Å². The highest BCUT2D eigenvalue weighted by molar-refractivity contribution is 6.76. The third kappa shape index (κ3) is 32.8. The Bertz CT molecular complexity index is 4230. The minimum atomic E-state index is -3.09. The van der Waals surface area contributed by atoms with Crippen molar-refractivity contribution in [1.82, 2.24) is 0 Å². The lowest BCUT2D eigenvalue weighted by Gasteiger charge is -2.53. The van der Waals surface area contributed by atoms with E-state index >= 15 is 0 Å². The van der Waals surface area contributed by atoms with E-state index in [1.54, 1.807) is 0 Å². The SMILES string of the molecule is C=CCO[C@H]1[C@H]2O[C@H]3[C@H](OC(C)=O)[C@@H](OC(C)=O)[C@@H](O[C@H]4[C@H](OC(C)=O)[C@@H](OC(C)=O)[C@@H](O[C@H]5[C@H](OC(C)=O)[C@@H](OC(C)=O)[C@@H](O[C@H]6[C@H](OC(C)=O)[C@@H](OC(C)=O)[C@@H](O[C@H]7[C@H](OC(C)=O)[C@@H](OC(C)=O)[C@@H](O[C@@H]([C@@H]1OC(C)=O)[C@@H](CO[Si](C)(C)C(C)(C)C)O2)O[C@@H]7CO[Si](C)(C)C(C)(C)C)O[C@@H]6CO[Si](C)(C)C(C)(C)C)O[C@@H]5CO[Si](C)(C)C(C)(C)C)O[C@@H]4CO[Si](C)(C)C(C)(C)C)O[C@@H]3CO[Si](C)(C)C(C)(C)C. The second kappa shape index (κ2) is 49.5. The van der Waals surface area contributed by atoms with Crippen LogP contribution in [0.15, 0.2) is 12.7 Å². The number of carbonyl (C=O) groups excluding carboxylic acids is 11. The second-order valence-electron chi connectivity index (χ2n) is 47.2.